The average Bonchev–Trinajstić information content (AvgIpc) is 3.04. The second kappa shape index (κ2) is 7.67. The topological polar surface area (TPSA) is 73.0 Å². The number of ether oxygens (including phenoxy) is 2. The first-order chi connectivity index (χ1) is 14.1. The predicted octanol–water partition coefficient (Wildman–Crippen LogP) is 5.48. The maximum atomic E-state index is 11.5. The number of hydrogen-bond donors (Lipinski definition) is 1. The Morgan fingerprint density at radius 3 is 2.03 bits per heavy atom. The number of methoxy groups -OCH3 is 2. The molecule has 0 bridgehead atoms. The van der Waals surface area contributed by atoms with Crippen LogP contribution in [0, 0.1) is 4.91 Å². The SMILES string of the molecule is COc1ccc(Cn2c(O)c(N=O)c3cc(-c4ccc(OC)cc4)ccc32)cc1. The van der Waals surface area contributed by atoms with E-state index in [-0.39, 0.29) is 11.6 Å². The summed E-state index contributed by atoms with van der Waals surface area (Å²) in [4.78, 5) is 11.5. The minimum atomic E-state index is -0.141. The molecule has 146 valence electrons. The van der Waals surface area contributed by atoms with Gasteiger partial charge in [-0.2, -0.15) is 0 Å². The van der Waals surface area contributed by atoms with Crippen LogP contribution in [0.3, 0.4) is 0 Å². The maximum Gasteiger partial charge on any atom is 0.222 e. The van der Waals surface area contributed by atoms with E-state index in [9.17, 15) is 10.0 Å². The molecule has 0 aliphatic carbocycles. The van der Waals surface area contributed by atoms with Gasteiger partial charge in [0.05, 0.1) is 26.3 Å². The molecule has 0 aliphatic rings. The first kappa shape index (κ1) is 18.6. The van der Waals surface area contributed by atoms with Gasteiger partial charge in [0, 0.05) is 5.39 Å². The largest absolute Gasteiger partial charge is 0.497 e. The Morgan fingerprint density at radius 1 is 0.862 bits per heavy atom. The van der Waals surface area contributed by atoms with Crippen molar-refractivity contribution in [3.8, 4) is 28.5 Å². The monoisotopic (exact) mass is 388 g/mol. The van der Waals surface area contributed by atoms with Crippen LogP contribution in [0.25, 0.3) is 22.0 Å². The molecule has 0 saturated heterocycles. The molecule has 6 nitrogen and oxygen atoms in total. The second-order valence-corrected chi connectivity index (χ2v) is 6.66. The van der Waals surface area contributed by atoms with Crippen molar-refractivity contribution in [1.82, 2.24) is 4.57 Å². The standard InChI is InChI=1S/C23H20N2O4/c1-28-18-8-3-15(4-9-18)14-25-21-12-7-17(13-20(21)22(24-27)23(25)26)16-5-10-19(29-2)11-6-16/h3-13,26H,14H2,1-2H3. The fourth-order valence-electron chi connectivity index (χ4n) is 3.45. The highest BCUT2D eigenvalue weighted by Crippen LogP contribution is 2.41. The average molecular weight is 388 g/mol. The summed E-state index contributed by atoms with van der Waals surface area (Å²) in [6.45, 7) is 0.406. The minimum Gasteiger partial charge on any atom is -0.497 e. The molecule has 1 N–H and O–H groups in total. The van der Waals surface area contributed by atoms with E-state index in [1.54, 1.807) is 18.8 Å². The number of fused-ring (bicyclic) bond motifs is 1. The Kier molecular flexibility index (Phi) is 4.91. The summed E-state index contributed by atoms with van der Waals surface area (Å²) >= 11 is 0. The second-order valence-electron chi connectivity index (χ2n) is 6.66. The number of benzene rings is 3. The Hall–Kier alpha value is -3.80. The molecule has 6 heteroatoms. The highest BCUT2D eigenvalue weighted by molar-refractivity contribution is 5.97. The molecular formula is C23H20N2O4. The molecule has 0 fully saturated rings. The molecule has 0 saturated carbocycles. The number of rotatable bonds is 6. The zero-order valence-corrected chi connectivity index (χ0v) is 16.1. The van der Waals surface area contributed by atoms with E-state index in [1.165, 1.54) is 0 Å². The van der Waals surface area contributed by atoms with Crippen molar-refractivity contribution in [2.45, 2.75) is 6.54 Å². The predicted molar refractivity (Wildman–Crippen MR) is 113 cm³/mol. The maximum absolute atomic E-state index is 11.5. The summed E-state index contributed by atoms with van der Waals surface area (Å²) < 4.78 is 12.1. The Labute approximate surface area is 167 Å². The van der Waals surface area contributed by atoms with Crippen LogP contribution in [0.2, 0.25) is 0 Å². The van der Waals surface area contributed by atoms with Gasteiger partial charge in [0.2, 0.25) is 5.88 Å². The highest BCUT2D eigenvalue weighted by atomic mass is 16.5. The molecule has 0 aliphatic heterocycles. The number of aromatic hydroxyl groups is 1. The van der Waals surface area contributed by atoms with Gasteiger partial charge in [-0.25, -0.2) is 0 Å². The Morgan fingerprint density at radius 2 is 1.45 bits per heavy atom. The van der Waals surface area contributed by atoms with Crippen molar-refractivity contribution in [2.24, 2.45) is 5.18 Å². The van der Waals surface area contributed by atoms with Crippen LogP contribution in [-0.2, 0) is 6.54 Å². The van der Waals surface area contributed by atoms with E-state index >= 15 is 0 Å². The van der Waals surface area contributed by atoms with Gasteiger partial charge in [0.25, 0.3) is 0 Å². The lowest BCUT2D eigenvalue weighted by Crippen LogP contribution is -1.99. The summed E-state index contributed by atoms with van der Waals surface area (Å²) in [5.74, 6) is 1.39. The van der Waals surface area contributed by atoms with Crippen LogP contribution < -0.4 is 9.47 Å². The molecule has 3 aromatic carbocycles. The normalized spacial score (nSPS) is 10.8. The van der Waals surface area contributed by atoms with Crippen molar-refractivity contribution in [3.05, 3.63) is 77.2 Å². The summed E-state index contributed by atoms with van der Waals surface area (Å²) in [6, 6.07) is 20.9. The molecule has 0 radical (unpaired) electrons. The molecule has 29 heavy (non-hydrogen) atoms. The van der Waals surface area contributed by atoms with E-state index in [4.69, 9.17) is 9.47 Å². The Bertz CT molecular complexity index is 1160. The van der Waals surface area contributed by atoms with Gasteiger partial charge in [-0.15, -0.1) is 4.91 Å². The van der Waals surface area contributed by atoms with Crippen LogP contribution in [0.4, 0.5) is 5.69 Å². The van der Waals surface area contributed by atoms with Crippen LogP contribution >= 0.6 is 0 Å². The van der Waals surface area contributed by atoms with E-state index in [0.29, 0.717) is 11.9 Å². The molecule has 0 unspecified atom stereocenters. The Balaban J connectivity index is 1.77. The van der Waals surface area contributed by atoms with Gasteiger partial charge < -0.3 is 19.1 Å². The smallest absolute Gasteiger partial charge is 0.222 e. The molecule has 4 aromatic rings. The number of aromatic nitrogens is 1. The van der Waals surface area contributed by atoms with E-state index in [1.807, 2.05) is 66.7 Å². The van der Waals surface area contributed by atoms with Crippen molar-refractivity contribution in [1.29, 1.82) is 0 Å². The third-order valence-electron chi connectivity index (χ3n) is 5.02. The van der Waals surface area contributed by atoms with Crippen LogP contribution in [0.15, 0.2) is 71.9 Å². The summed E-state index contributed by atoms with van der Waals surface area (Å²) in [7, 11) is 3.24. The van der Waals surface area contributed by atoms with Crippen molar-refractivity contribution in [3.63, 3.8) is 0 Å². The summed E-state index contributed by atoms with van der Waals surface area (Å²) in [6.07, 6.45) is 0. The van der Waals surface area contributed by atoms with Crippen molar-refractivity contribution < 1.29 is 14.6 Å². The van der Waals surface area contributed by atoms with Gasteiger partial charge in [-0.05, 0) is 58.3 Å². The first-order valence-electron chi connectivity index (χ1n) is 9.10. The lowest BCUT2D eigenvalue weighted by molar-refractivity contribution is 0.414. The third-order valence-corrected chi connectivity index (χ3v) is 5.02. The number of nitrogens with zero attached hydrogens (tertiary/aromatic N) is 2. The van der Waals surface area contributed by atoms with Crippen molar-refractivity contribution in [2.75, 3.05) is 14.2 Å². The summed E-state index contributed by atoms with van der Waals surface area (Å²) in [5, 5.41) is 14.3. The summed E-state index contributed by atoms with van der Waals surface area (Å²) in [5.41, 5.74) is 3.65. The van der Waals surface area contributed by atoms with Gasteiger partial charge in [0.15, 0.2) is 5.69 Å². The molecule has 1 heterocycles. The van der Waals surface area contributed by atoms with Crippen LogP contribution in [0.5, 0.6) is 17.4 Å². The number of hydrogen-bond acceptors (Lipinski definition) is 5. The zero-order valence-electron chi connectivity index (χ0n) is 16.1. The van der Waals surface area contributed by atoms with Crippen molar-refractivity contribution >= 4 is 16.6 Å². The van der Waals surface area contributed by atoms with Crippen LogP contribution in [-0.4, -0.2) is 23.9 Å². The fourth-order valence-corrected chi connectivity index (χ4v) is 3.45. The quantitative estimate of drug-likeness (QED) is 0.444. The van der Waals surface area contributed by atoms with Gasteiger partial charge >= 0.3 is 0 Å². The zero-order chi connectivity index (χ0) is 20.4. The minimum absolute atomic E-state index is 0.0453. The van der Waals surface area contributed by atoms with Crippen LogP contribution in [0.1, 0.15) is 5.56 Å². The van der Waals surface area contributed by atoms with Gasteiger partial charge in [-0.3, -0.25) is 0 Å². The molecular weight excluding hydrogens is 368 g/mol. The molecule has 0 spiro atoms. The molecule has 1 aromatic heterocycles. The molecule has 0 atom stereocenters. The van der Waals surface area contributed by atoms with E-state index in [0.717, 1.165) is 33.7 Å². The third kappa shape index (κ3) is 3.40. The highest BCUT2D eigenvalue weighted by Gasteiger charge is 2.18. The first-order valence-corrected chi connectivity index (χ1v) is 9.10. The van der Waals surface area contributed by atoms with E-state index in [2.05, 4.69) is 5.18 Å². The lowest BCUT2D eigenvalue weighted by Gasteiger charge is -2.09. The van der Waals surface area contributed by atoms with Gasteiger partial charge in [0.1, 0.15) is 11.5 Å². The number of nitroso groups, excluding NO2 is 1. The molecule has 0 amide bonds. The van der Waals surface area contributed by atoms with E-state index < -0.39 is 0 Å². The van der Waals surface area contributed by atoms with Gasteiger partial charge in [-0.1, -0.05) is 30.3 Å². The molecule has 4 rings (SSSR count). The fraction of sp³-hybridized carbons (Fsp3) is 0.130. The lowest BCUT2D eigenvalue weighted by atomic mass is 10.0.